The van der Waals surface area contributed by atoms with Crippen LogP contribution >= 0.6 is 0 Å². The van der Waals surface area contributed by atoms with Crippen LogP contribution in [-0.2, 0) is 4.74 Å². The minimum Gasteiger partial charge on any atom is -0.465 e. The van der Waals surface area contributed by atoms with E-state index in [1.807, 2.05) is 0 Å². The number of carbonyl (C=O) groups excluding carboxylic acids is 2. The predicted molar refractivity (Wildman–Crippen MR) is 111 cm³/mol. The first-order chi connectivity index (χ1) is 15.0. The minimum absolute atomic E-state index is 0.282. The van der Waals surface area contributed by atoms with Crippen LogP contribution in [0, 0.1) is 5.82 Å². The lowest BCUT2D eigenvalue weighted by Crippen LogP contribution is -2.12. The summed E-state index contributed by atoms with van der Waals surface area (Å²) in [6, 6.07) is 18.8. The van der Waals surface area contributed by atoms with E-state index in [1.165, 1.54) is 19.2 Å². The Kier molecular flexibility index (Phi) is 5.53. The molecule has 3 aromatic carbocycles. The molecular weight excluding hydrogens is 401 g/mol. The number of hydrogen-bond acceptors (Lipinski definition) is 6. The maximum absolute atomic E-state index is 13.1. The highest BCUT2D eigenvalue weighted by Gasteiger charge is 2.13. The normalized spacial score (nSPS) is 10.5. The van der Waals surface area contributed by atoms with Crippen LogP contribution in [0.25, 0.3) is 22.8 Å². The summed E-state index contributed by atoms with van der Waals surface area (Å²) in [6.07, 6.45) is 0. The van der Waals surface area contributed by atoms with Crippen LogP contribution in [0.2, 0.25) is 0 Å². The van der Waals surface area contributed by atoms with Crippen molar-refractivity contribution in [1.82, 2.24) is 10.1 Å². The molecule has 1 heterocycles. The van der Waals surface area contributed by atoms with Gasteiger partial charge in [0.25, 0.3) is 11.8 Å². The van der Waals surface area contributed by atoms with E-state index < -0.39 is 5.97 Å². The average molecular weight is 417 g/mol. The van der Waals surface area contributed by atoms with Crippen molar-refractivity contribution in [3.8, 4) is 22.8 Å². The molecule has 31 heavy (non-hydrogen) atoms. The van der Waals surface area contributed by atoms with Crippen molar-refractivity contribution in [3.05, 3.63) is 89.7 Å². The molecular formula is C23H16FN3O4. The molecule has 0 spiro atoms. The van der Waals surface area contributed by atoms with E-state index in [-0.39, 0.29) is 17.6 Å². The first kappa shape index (κ1) is 20.0. The molecule has 0 saturated carbocycles. The third kappa shape index (κ3) is 4.48. The first-order valence-corrected chi connectivity index (χ1v) is 9.23. The van der Waals surface area contributed by atoms with Gasteiger partial charge in [-0.1, -0.05) is 5.16 Å². The van der Waals surface area contributed by atoms with E-state index in [0.29, 0.717) is 33.8 Å². The van der Waals surface area contributed by atoms with Crippen molar-refractivity contribution < 1.29 is 23.2 Å². The van der Waals surface area contributed by atoms with E-state index in [0.717, 1.165) is 0 Å². The van der Waals surface area contributed by atoms with Crippen molar-refractivity contribution >= 4 is 17.6 Å². The van der Waals surface area contributed by atoms with Gasteiger partial charge in [0.15, 0.2) is 0 Å². The molecule has 154 valence electrons. The van der Waals surface area contributed by atoms with Crippen LogP contribution < -0.4 is 5.32 Å². The molecule has 4 aromatic rings. The van der Waals surface area contributed by atoms with Gasteiger partial charge in [0.1, 0.15) is 5.82 Å². The number of anilines is 1. The molecule has 0 aliphatic heterocycles. The van der Waals surface area contributed by atoms with Crippen LogP contribution in [0.5, 0.6) is 0 Å². The number of methoxy groups -OCH3 is 1. The summed E-state index contributed by atoms with van der Waals surface area (Å²) < 4.78 is 23.0. The molecule has 1 aromatic heterocycles. The predicted octanol–water partition coefficient (Wildman–Crippen LogP) is 4.58. The maximum atomic E-state index is 13.1. The van der Waals surface area contributed by atoms with Gasteiger partial charge in [-0.25, -0.2) is 9.18 Å². The second-order valence-corrected chi connectivity index (χ2v) is 6.53. The third-order valence-corrected chi connectivity index (χ3v) is 4.49. The van der Waals surface area contributed by atoms with Gasteiger partial charge in [-0.15, -0.1) is 0 Å². The second-order valence-electron chi connectivity index (χ2n) is 6.53. The van der Waals surface area contributed by atoms with Crippen LogP contribution in [0.15, 0.2) is 77.3 Å². The van der Waals surface area contributed by atoms with Gasteiger partial charge >= 0.3 is 5.97 Å². The Morgan fingerprint density at radius 3 is 2.13 bits per heavy atom. The van der Waals surface area contributed by atoms with Gasteiger partial charge in [0.2, 0.25) is 5.82 Å². The fourth-order valence-corrected chi connectivity index (χ4v) is 2.83. The molecule has 0 atom stereocenters. The highest BCUT2D eigenvalue weighted by atomic mass is 19.1. The number of ether oxygens (including phenoxy) is 1. The van der Waals surface area contributed by atoms with Crippen LogP contribution in [0.3, 0.4) is 0 Å². The number of aromatic nitrogens is 2. The Morgan fingerprint density at radius 2 is 1.48 bits per heavy atom. The van der Waals surface area contributed by atoms with Crippen LogP contribution in [0.1, 0.15) is 20.7 Å². The Bertz CT molecular complexity index is 1220. The van der Waals surface area contributed by atoms with Gasteiger partial charge < -0.3 is 14.6 Å². The minimum atomic E-state index is -0.447. The van der Waals surface area contributed by atoms with Gasteiger partial charge in [0, 0.05) is 22.4 Å². The standard InChI is InChI=1S/C23H16FN3O4/c1-30-23(29)17-8-12-19(13-9-17)25-21(28)15-2-4-16(5-3-15)22-26-20(27-31-22)14-6-10-18(24)11-7-14/h2-13H,1H3,(H,25,28). The molecule has 0 radical (unpaired) electrons. The zero-order valence-electron chi connectivity index (χ0n) is 16.3. The fraction of sp³-hybridized carbons (Fsp3) is 0.0435. The van der Waals surface area contributed by atoms with Gasteiger partial charge in [-0.05, 0) is 72.8 Å². The zero-order chi connectivity index (χ0) is 21.8. The molecule has 0 fully saturated rings. The highest BCUT2D eigenvalue weighted by Crippen LogP contribution is 2.23. The van der Waals surface area contributed by atoms with E-state index >= 15 is 0 Å². The molecule has 7 nitrogen and oxygen atoms in total. The summed E-state index contributed by atoms with van der Waals surface area (Å²) >= 11 is 0. The molecule has 8 heteroatoms. The van der Waals surface area contributed by atoms with E-state index in [4.69, 9.17) is 4.52 Å². The molecule has 0 bridgehead atoms. The summed E-state index contributed by atoms with van der Waals surface area (Å²) in [6.45, 7) is 0. The smallest absolute Gasteiger partial charge is 0.337 e. The average Bonchev–Trinajstić information content (AvgIpc) is 3.30. The van der Waals surface area contributed by atoms with Gasteiger partial charge in [-0.3, -0.25) is 4.79 Å². The summed E-state index contributed by atoms with van der Waals surface area (Å²) in [4.78, 5) is 28.3. The highest BCUT2D eigenvalue weighted by molar-refractivity contribution is 6.04. The van der Waals surface area contributed by atoms with Crippen molar-refractivity contribution in [2.24, 2.45) is 0 Å². The number of amides is 1. The van der Waals surface area contributed by atoms with Crippen molar-refractivity contribution in [2.45, 2.75) is 0 Å². The number of rotatable bonds is 5. The summed E-state index contributed by atoms with van der Waals surface area (Å²) in [5.74, 6) is -0.482. The summed E-state index contributed by atoms with van der Waals surface area (Å²) in [5.41, 5.74) is 2.64. The molecule has 1 N–H and O–H groups in total. The molecule has 0 aliphatic rings. The second kappa shape index (κ2) is 8.58. The maximum Gasteiger partial charge on any atom is 0.337 e. The Morgan fingerprint density at radius 1 is 0.871 bits per heavy atom. The monoisotopic (exact) mass is 417 g/mol. The number of nitrogens with one attached hydrogen (secondary N) is 1. The largest absolute Gasteiger partial charge is 0.465 e. The number of carbonyl (C=O) groups is 2. The van der Waals surface area contributed by atoms with Crippen molar-refractivity contribution in [2.75, 3.05) is 12.4 Å². The van der Waals surface area contributed by atoms with E-state index in [1.54, 1.807) is 60.7 Å². The van der Waals surface area contributed by atoms with Crippen LogP contribution in [0.4, 0.5) is 10.1 Å². The third-order valence-electron chi connectivity index (χ3n) is 4.49. The first-order valence-electron chi connectivity index (χ1n) is 9.23. The SMILES string of the molecule is COC(=O)c1ccc(NC(=O)c2ccc(-c3nc(-c4ccc(F)cc4)no3)cc2)cc1. The lowest BCUT2D eigenvalue weighted by molar-refractivity contribution is 0.0600. The Balaban J connectivity index is 1.45. The number of hydrogen-bond donors (Lipinski definition) is 1. The zero-order valence-corrected chi connectivity index (χ0v) is 16.3. The van der Waals surface area contributed by atoms with Gasteiger partial charge in [-0.2, -0.15) is 4.98 Å². The lowest BCUT2D eigenvalue weighted by Gasteiger charge is -2.06. The quantitative estimate of drug-likeness (QED) is 0.478. The molecule has 0 aliphatic carbocycles. The topological polar surface area (TPSA) is 94.3 Å². The van der Waals surface area contributed by atoms with E-state index in [2.05, 4.69) is 20.2 Å². The fourth-order valence-electron chi connectivity index (χ4n) is 2.83. The van der Waals surface area contributed by atoms with Gasteiger partial charge in [0.05, 0.1) is 12.7 Å². The summed E-state index contributed by atoms with van der Waals surface area (Å²) in [7, 11) is 1.31. The Hall–Kier alpha value is -4.33. The van der Waals surface area contributed by atoms with Crippen LogP contribution in [-0.4, -0.2) is 29.1 Å². The number of nitrogens with zero attached hydrogens (tertiary/aromatic N) is 2. The Labute approximate surface area is 176 Å². The van der Waals surface area contributed by atoms with Crippen molar-refractivity contribution in [3.63, 3.8) is 0 Å². The number of esters is 1. The molecule has 4 rings (SSSR count). The molecule has 1 amide bonds. The van der Waals surface area contributed by atoms with Crippen molar-refractivity contribution in [1.29, 1.82) is 0 Å². The summed E-state index contributed by atoms with van der Waals surface area (Å²) in [5, 5.41) is 6.67. The molecule has 0 saturated heterocycles. The number of halogens is 1. The number of benzene rings is 3. The molecule has 0 unspecified atom stereocenters. The van der Waals surface area contributed by atoms with E-state index in [9.17, 15) is 14.0 Å². The lowest BCUT2D eigenvalue weighted by atomic mass is 10.1.